The van der Waals surface area contributed by atoms with Gasteiger partial charge in [0.05, 0.1) is 31.5 Å². The minimum absolute atomic E-state index is 0.00616. The Kier molecular flexibility index (Phi) is 12.3. The highest BCUT2D eigenvalue weighted by Crippen LogP contribution is 2.56. The Hall–Kier alpha value is -6.47. The molecule has 2 aliphatic carbocycles. The number of amides is 2. The summed E-state index contributed by atoms with van der Waals surface area (Å²) in [6.45, 7) is 15.9. The number of ether oxygens (including phenoxy) is 2. The molecule has 73 heavy (non-hydrogen) atoms. The van der Waals surface area contributed by atoms with Crippen LogP contribution in [0, 0.1) is 27.6 Å². The number of nitrogens with one attached hydrogen (secondary N) is 1. The lowest BCUT2D eigenvalue weighted by atomic mass is 9.49. The number of rotatable bonds is 11. The van der Waals surface area contributed by atoms with Crippen LogP contribution < -0.4 is 24.6 Å². The fraction of sp³-hybridized carbons (Fsp3) is 0.526. The van der Waals surface area contributed by atoms with Crippen molar-refractivity contribution in [3.8, 4) is 28.7 Å². The smallest absolute Gasteiger partial charge is 0.264 e. The van der Waals surface area contributed by atoms with Gasteiger partial charge in [-0.2, -0.15) is 15.5 Å². The molecule has 4 fully saturated rings. The number of aryl methyl sites for hydroxylation is 2. The predicted molar refractivity (Wildman–Crippen MR) is 275 cm³/mol. The molecule has 3 aromatic carbocycles. The lowest BCUT2D eigenvalue weighted by Gasteiger charge is -2.63. The number of aromatic nitrogens is 4. The van der Waals surface area contributed by atoms with Crippen LogP contribution in [0.1, 0.15) is 124 Å². The summed E-state index contributed by atoms with van der Waals surface area (Å²) in [4.78, 5) is 35.7. The zero-order valence-corrected chi connectivity index (χ0v) is 43.3. The van der Waals surface area contributed by atoms with E-state index in [4.69, 9.17) is 14.6 Å². The number of likely N-dealkylation sites (tertiary alicyclic amines) is 1. The molecule has 2 saturated carbocycles. The van der Waals surface area contributed by atoms with Crippen LogP contribution in [0.15, 0.2) is 67.0 Å². The molecule has 6 aliphatic rings. The van der Waals surface area contributed by atoms with E-state index in [1.807, 2.05) is 23.1 Å². The highest BCUT2D eigenvalue weighted by molar-refractivity contribution is 5.95. The summed E-state index contributed by atoms with van der Waals surface area (Å²) in [5.74, 6) is 1.84. The van der Waals surface area contributed by atoms with Crippen LogP contribution in [-0.2, 0) is 31.2 Å². The maximum absolute atomic E-state index is 14.8. The highest BCUT2D eigenvalue weighted by Gasteiger charge is 2.64. The summed E-state index contributed by atoms with van der Waals surface area (Å²) >= 11 is 0. The van der Waals surface area contributed by atoms with Crippen molar-refractivity contribution < 1.29 is 27.8 Å². The minimum atomic E-state index is -2.66. The van der Waals surface area contributed by atoms with Crippen molar-refractivity contribution in [1.82, 2.24) is 34.7 Å². The summed E-state index contributed by atoms with van der Waals surface area (Å²) in [6, 6.07) is 19.7. The van der Waals surface area contributed by atoms with E-state index in [1.54, 1.807) is 62.4 Å². The average Bonchev–Trinajstić information content (AvgIpc) is 4.14. The van der Waals surface area contributed by atoms with Crippen molar-refractivity contribution in [1.29, 1.82) is 5.26 Å². The molecular formula is C57H68F2N10O4. The van der Waals surface area contributed by atoms with Gasteiger partial charge in [0.2, 0.25) is 5.91 Å². The van der Waals surface area contributed by atoms with Crippen molar-refractivity contribution in [3.63, 3.8) is 0 Å². The zero-order chi connectivity index (χ0) is 51.1. The highest BCUT2D eigenvalue weighted by atomic mass is 19.3. The van der Waals surface area contributed by atoms with Gasteiger partial charge in [-0.3, -0.25) is 19.0 Å². The number of halogens is 2. The second-order valence-electron chi connectivity index (χ2n) is 23.0. The standard InChI is InChI=1S/C57H68F2N10O4/c1-35(70)66-24-19-47-46(32-66)51(68-21-8-9-37-25-44(39-30-61-64(6)31-39)45(50(58)59)27-48(37)68)63-69(47)41-17-22-65(23-18-41)42-16-20-57(28-42)33-67(34-57)40-13-10-36(11-14-40)52(71)62-53-55(2,3)54(56(53,4)5)73-43-15-12-38(29-60)49(26-43)72-7/h10-15,25-27,30-31,41-42,50,53-54H,8-9,16-24,28,32-34H2,1-7H3,(H,62,71). The monoisotopic (exact) mass is 995 g/mol. The number of hydrogen-bond acceptors (Lipinski definition) is 10. The predicted octanol–water partition coefficient (Wildman–Crippen LogP) is 9.40. The summed E-state index contributed by atoms with van der Waals surface area (Å²) < 4.78 is 45.4. The van der Waals surface area contributed by atoms with E-state index in [2.05, 4.69) is 75.7 Å². The quantitative estimate of drug-likeness (QED) is 0.136. The zero-order valence-electron chi connectivity index (χ0n) is 43.3. The molecular weight excluding hydrogens is 927 g/mol. The maximum Gasteiger partial charge on any atom is 0.264 e. The molecule has 4 aliphatic heterocycles. The molecule has 1 N–H and O–H groups in total. The molecule has 384 valence electrons. The van der Waals surface area contributed by atoms with Crippen LogP contribution in [0.25, 0.3) is 11.1 Å². The van der Waals surface area contributed by atoms with E-state index in [-0.39, 0.29) is 46.4 Å². The number of carbonyl (C=O) groups is 2. The van der Waals surface area contributed by atoms with Gasteiger partial charge in [0, 0.05) is 140 Å². The van der Waals surface area contributed by atoms with Crippen LogP contribution in [0.5, 0.6) is 11.5 Å². The maximum atomic E-state index is 14.8. The summed E-state index contributed by atoms with van der Waals surface area (Å²) in [5, 5.41) is 22.4. The van der Waals surface area contributed by atoms with Crippen LogP contribution >= 0.6 is 0 Å². The number of piperidine rings is 1. The number of alkyl halides is 2. The third-order valence-electron chi connectivity index (χ3n) is 17.6. The molecule has 6 heterocycles. The van der Waals surface area contributed by atoms with Crippen molar-refractivity contribution in [2.45, 2.75) is 123 Å². The van der Waals surface area contributed by atoms with Gasteiger partial charge in [0.1, 0.15) is 23.7 Å². The number of nitriles is 1. The van der Waals surface area contributed by atoms with E-state index in [9.17, 15) is 23.6 Å². The Labute approximate surface area is 427 Å². The molecule has 0 radical (unpaired) electrons. The number of nitrogens with zero attached hydrogens (tertiary/aromatic N) is 9. The van der Waals surface area contributed by atoms with E-state index in [0.717, 1.165) is 86.6 Å². The van der Waals surface area contributed by atoms with Gasteiger partial charge in [-0.05, 0) is 105 Å². The largest absolute Gasteiger partial charge is 0.495 e. The fourth-order valence-electron chi connectivity index (χ4n) is 14.1. The molecule has 14 nitrogen and oxygen atoms in total. The lowest BCUT2D eigenvalue weighted by Crippen LogP contribution is -2.74. The third-order valence-corrected chi connectivity index (χ3v) is 17.6. The Morgan fingerprint density at radius 3 is 2.36 bits per heavy atom. The number of benzene rings is 3. The number of carbonyl (C=O) groups excluding carboxylic acids is 2. The Bertz CT molecular complexity index is 2960. The van der Waals surface area contributed by atoms with Gasteiger partial charge >= 0.3 is 0 Å². The lowest BCUT2D eigenvalue weighted by molar-refractivity contribution is -0.164. The van der Waals surface area contributed by atoms with E-state index in [1.165, 1.54) is 25.0 Å². The topological polar surface area (TPSA) is 137 Å². The molecule has 1 atom stereocenters. The van der Waals surface area contributed by atoms with Crippen molar-refractivity contribution >= 4 is 29.0 Å². The first kappa shape index (κ1) is 48.8. The van der Waals surface area contributed by atoms with Crippen molar-refractivity contribution in [2.24, 2.45) is 23.3 Å². The van der Waals surface area contributed by atoms with Gasteiger partial charge in [0.15, 0.2) is 5.82 Å². The molecule has 1 spiro atoms. The van der Waals surface area contributed by atoms with Crippen molar-refractivity contribution in [2.75, 3.05) is 56.2 Å². The van der Waals surface area contributed by atoms with Gasteiger partial charge in [0.25, 0.3) is 12.3 Å². The molecule has 1 unspecified atom stereocenters. The van der Waals surface area contributed by atoms with Gasteiger partial charge < -0.3 is 34.4 Å². The number of anilines is 3. The number of fused-ring (bicyclic) bond motifs is 2. The minimum Gasteiger partial charge on any atom is -0.495 e. The van der Waals surface area contributed by atoms with Crippen LogP contribution in [-0.4, -0.2) is 106 Å². The molecule has 2 amide bonds. The van der Waals surface area contributed by atoms with Crippen LogP contribution in [0.4, 0.5) is 26.0 Å². The van der Waals surface area contributed by atoms with E-state index in [0.29, 0.717) is 64.8 Å². The molecule has 0 bridgehead atoms. The second-order valence-corrected chi connectivity index (χ2v) is 23.0. The Morgan fingerprint density at radius 1 is 0.932 bits per heavy atom. The van der Waals surface area contributed by atoms with Gasteiger partial charge in [-0.1, -0.05) is 27.7 Å². The summed E-state index contributed by atoms with van der Waals surface area (Å²) in [5.41, 5.74) is 7.05. The van der Waals surface area contributed by atoms with E-state index < -0.39 is 6.43 Å². The first-order valence-corrected chi connectivity index (χ1v) is 26.2. The summed E-state index contributed by atoms with van der Waals surface area (Å²) in [6.07, 6.45) is 8.53. The van der Waals surface area contributed by atoms with Crippen LogP contribution in [0.3, 0.4) is 0 Å². The number of hydrogen-bond donors (Lipinski definition) is 1. The summed E-state index contributed by atoms with van der Waals surface area (Å²) in [7, 11) is 3.34. The van der Waals surface area contributed by atoms with Crippen molar-refractivity contribution in [3.05, 3.63) is 101 Å². The first-order chi connectivity index (χ1) is 35.0. The SMILES string of the molecule is COc1cc(OC2C(C)(C)C(NC(=O)c3ccc(N4CC5(CCC(N6CCC(n7nc(N8CCCc9cc(-c%10cnn(C)c%10)c(C(F)F)cc98)c8c7CCN(C(C)=O)C8)CC6)C5)C4)cc3)C2(C)C)ccc1C#N. The molecule has 11 rings (SSSR count). The van der Waals surface area contributed by atoms with E-state index >= 15 is 0 Å². The molecule has 16 heteroatoms. The fourth-order valence-corrected chi connectivity index (χ4v) is 14.1. The van der Waals surface area contributed by atoms with Gasteiger partial charge in [-0.15, -0.1) is 0 Å². The second kappa shape index (κ2) is 18.5. The molecule has 2 saturated heterocycles. The first-order valence-electron chi connectivity index (χ1n) is 26.2. The molecule has 2 aromatic heterocycles. The normalized spacial score (nSPS) is 23.1. The third kappa shape index (κ3) is 8.58. The average molecular weight is 995 g/mol. The Balaban J connectivity index is 0.711. The number of methoxy groups -OCH3 is 1. The Morgan fingerprint density at radius 2 is 1.68 bits per heavy atom. The molecule has 5 aromatic rings. The van der Waals surface area contributed by atoms with Crippen LogP contribution in [0.2, 0.25) is 0 Å². The van der Waals surface area contributed by atoms with Gasteiger partial charge in [-0.25, -0.2) is 8.78 Å².